The SMILES string of the molecule is CO[C@H]1O[C@H](CN=[N+]=[N-])[C@H](N=[N+]=[N-])C(=O)[C@H]1OCc1ccccc1. The summed E-state index contributed by atoms with van der Waals surface area (Å²) < 4.78 is 16.4. The molecule has 0 unspecified atom stereocenters. The third-order valence-corrected chi connectivity index (χ3v) is 3.49. The van der Waals surface area contributed by atoms with Gasteiger partial charge in [-0.1, -0.05) is 40.6 Å². The summed E-state index contributed by atoms with van der Waals surface area (Å²) in [5.41, 5.74) is 18.0. The molecule has 4 atom stereocenters. The van der Waals surface area contributed by atoms with Crippen molar-refractivity contribution >= 4 is 5.78 Å². The zero-order valence-corrected chi connectivity index (χ0v) is 12.9. The van der Waals surface area contributed by atoms with Crippen molar-refractivity contribution in [3.8, 4) is 0 Å². The third kappa shape index (κ3) is 4.23. The smallest absolute Gasteiger partial charge is 0.190 e. The van der Waals surface area contributed by atoms with Crippen LogP contribution < -0.4 is 0 Å². The van der Waals surface area contributed by atoms with E-state index in [1.165, 1.54) is 7.11 Å². The highest BCUT2D eigenvalue weighted by molar-refractivity contribution is 5.90. The molecule has 0 amide bonds. The van der Waals surface area contributed by atoms with Gasteiger partial charge in [0.1, 0.15) is 6.04 Å². The summed E-state index contributed by atoms with van der Waals surface area (Å²) in [6.07, 6.45) is -2.93. The molecule has 0 aromatic heterocycles. The zero-order valence-electron chi connectivity index (χ0n) is 12.9. The maximum Gasteiger partial charge on any atom is 0.190 e. The monoisotopic (exact) mass is 332 g/mol. The van der Waals surface area contributed by atoms with Crippen molar-refractivity contribution in [2.75, 3.05) is 13.7 Å². The standard InChI is InChI=1S/C14H16N6O4/c1-22-14-13(23-8-9-5-3-2-4-6-9)12(21)11(18-20-16)10(24-14)7-17-19-15/h2-6,10-11,13-14H,7-8H2,1H3/t10-,11+,13-,14+/m1/s1. The largest absolute Gasteiger partial charge is 0.360 e. The number of benzene rings is 1. The number of Topliss-reactive ketones (excluding diaryl/α,β-unsaturated/α-hetero) is 1. The highest BCUT2D eigenvalue weighted by Crippen LogP contribution is 2.24. The summed E-state index contributed by atoms with van der Waals surface area (Å²) in [5.74, 6) is -0.472. The molecule has 126 valence electrons. The number of rotatable bonds is 7. The maximum atomic E-state index is 12.6. The second-order valence-corrected chi connectivity index (χ2v) is 4.96. The summed E-state index contributed by atoms with van der Waals surface area (Å²) in [7, 11) is 1.37. The predicted molar refractivity (Wildman–Crippen MR) is 82.6 cm³/mol. The van der Waals surface area contributed by atoms with E-state index in [9.17, 15) is 4.79 Å². The minimum atomic E-state index is -1.15. The average Bonchev–Trinajstić information content (AvgIpc) is 2.62. The first-order chi connectivity index (χ1) is 11.7. The van der Waals surface area contributed by atoms with E-state index in [2.05, 4.69) is 20.1 Å². The minimum Gasteiger partial charge on any atom is -0.360 e. The Balaban J connectivity index is 2.15. The molecule has 2 rings (SSSR count). The molecule has 1 aliphatic rings. The molecule has 0 N–H and O–H groups in total. The van der Waals surface area contributed by atoms with Crippen LogP contribution in [0.2, 0.25) is 0 Å². The Morgan fingerprint density at radius 1 is 1.25 bits per heavy atom. The molecule has 10 heteroatoms. The first-order valence-corrected chi connectivity index (χ1v) is 7.13. The number of methoxy groups -OCH3 is 1. The zero-order chi connectivity index (χ0) is 17.4. The number of hydrogen-bond donors (Lipinski definition) is 0. The molecule has 1 aliphatic heterocycles. The van der Waals surface area contributed by atoms with E-state index in [-0.39, 0.29) is 13.2 Å². The number of nitrogens with zero attached hydrogens (tertiary/aromatic N) is 6. The van der Waals surface area contributed by atoms with E-state index in [0.29, 0.717) is 0 Å². The molecule has 1 fully saturated rings. The molecule has 1 heterocycles. The van der Waals surface area contributed by atoms with E-state index in [1.54, 1.807) is 0 Å². The van der Waals surface area contributed by atoms with Gasteiger partial charge in [-0.2, -0.15) is 0 Å². The Morgan fingerprint density at radius 2 is 2.00 bits per heavy atom. The Bertz CT molecular complexity index is 656. The summed E-state index contributed by atoms with van der Waals surface area (Å²) >= 11 is 0. The molecule has 1 aromatic rings. The van der Waals surface area contributed by atoms with Crippen LogP contribution in [0.15, 0.2) is 40.6 Å². The van der Waals surface area contributed by atoms with Gasteiger partial charge in [-0.05, 0) is 16.6 Å². The molecule has 0 saturated carbocycles. The molecule has 24 heavy (non-hydrogen) atoms. The van der Waals surface area contributed by atoms with Crippen molar-refractivity contribution in [3.05, 3.63) is 56.8 Å². The molecule has 0 spiro atoms. The van der Waals surface area contributed by atoms with Gasteiger partial charge in [-0.3, -0.25) is 4.79 Å². The van der Waals surface area contributed by atoms with Gasteiger partial charge in [0.05, 0.1) is 19.3 Å². The van der Waals surface area contributed by atoms with Crippen molar-refractivity contribution in [1.29, 1.82) is 0 Å². The highest BCUT2D eigenvalue weighted by atomic mass is 16.7. The van der Waals surface area contributed by atoms with Gasteiger partial charge in [0.2, 0.25) is 0 Å². The minimum absolute atomic E-state index is 0.156. The first kappa shape index (κ1) is 17.7. The van der Waals surface area contributed by atoms with Crippen molar-refractivity contribution < 1.29 is 19.0 Å². The lowest BCUT2D eigenvalue weighted by Gasteiger charge is -2.37. The average molecular weight is 332 g/mol. The van der Waals surface area contributed by atoms with Crippen molar-refractivity contribution in [2.45, 2.75) is 31.1 Å². The number of ether oxygens (including phenoxy) is 3. The molecule has 0 bridgehead atoms. The molecule has 0 radical (unpaired) electrons. The molecular weight excluding hydrogens is 316 g/mol. The van der Waals surface area contributed by atoms with Crippen LogP contribution in [0.4, 0.5) is 0 Å². The van der Waals surface area contributed by atoms with E-state index >= 15 is 0 Å². The molecular formula is C14H16N6O4. The number of carbonyl (C=O) groups excluding carboxylic acids is 1. The summed E-state index contributed by atoms with van der Waals surface area (Å²) in [4.78, 5) is 17.9. The van der Waals surface area contributed by atoms with Crippen LogP contribution >= 0.6 is 0 Å². The summed E-state index contributed by atoms with van der Waals surface area (Å²) in [6, 6.07) is 8.13. The highest BCUT2D eigenvalue weighted by Gasteiger charge is 2.45. The second kappa shape index (κ2) is 8.88. The molecule has 10 nitrogen and oxygen atoms in total. The van der Waals surface area contributed by atoms with Crippen LogP contribution in [-0.2, 0) is 25.6 Å². The van der Waals surface area contributed by atoms with Gasteiger partial charge >= 0.3 is 0 Å². The fraction of sp³-hybridized carbons (Fsp3) is 0.500. The lowest BCUT2D eigenvalue weighted by molar-refractivity contribution is -0.235. The number of ketones is 1. The summed E-state index contributed by atoms with van der Waals surface area (Å²) in [5, 5.41) is 6.83. The number of carbonyl (C=O) groups is 1. The van der Waals surface area contributed by atoms with E-state index in [4.69, 9.17) is 25.3 Å². The van der Waals surface area contributed by atoms with E-state index in [0.717, 1.165) is 5.56 Å². The van der Waals surface area contributed by atoms with Crippen LogP contribution in [0.25, 0.3) is 20.9 Å². The quantitative estimate of drug-likeness (QED) is 0.429. The van der Waals surface area contributed by atoms with Gasteiger partial charge in [0.15, 0.2) is 18.2 Å². The van der Waals surface area contributed by atoms with Crippen molar-refractivity contribution in [1.82, 2.24) is 0 Å². The molecule has 0 aliphatic carbocycles. The Kier molecular flexibility index (Phi) is 6.56. The maximum absolute atomic E-state index is 12.6. The van der Waals surface area contributed by atoms with Crippen LogP contribution in [-0.4, -0.2) is 44.0 Å². The van der Waals surface area contributed by atoms with Gasteiger partial charge in [0.25, 0.3) is 0 Å². The van der Waals surface area contributed by atoms with Crippen LogP contribution in [0.3, 0.4) is 0 Å². The van der Waals surface area contributed by atoms with Gasteiger partial charge in [0, 0.05) is 16.9 Å². The van der Waals surface area contributed by atoms with Crippen molar-refractivity contribution in [3.63, 3.8) is 0 Å². The van der Waals surface area contributed by atoms with E-state index < -0.39 is 30.3 Å². The second-order valence-electron chi connectivity index (χ2n) is 4.96. The Labute approximate surface area is 137 Å². The Morgan fingerprint density at radius 3 is 2.62 bits per heavy atom. The third-order valence-electron chi connectivity index (χ3n) is 3.49. The van der Waals surface area contributed by atoms with Gasteiger partial charge < -0.3 is 14.2 Å². The fourth-order valence-electron chi connectivity index (χ4n) is 2.35. The van der Waals surface area contributed by atoms with Crippen LogP contribution in [0.5, 0.6) is 0 Å². The number of azide groups is 2. The van der Waals surface area contributed by atoms with Crippen molar-refractivity contribution in [2.24, 2.45) is 10.2 Å². The van der Waals surface area contributed by atoms with Crippen LogP contribution in [0.1, 0.15) is 5.56 Å². The number of hydrogen-bond acceptors (Lipinski definition) is 6. The van der Waals surface area contributed by atoms with Gasteiger partial charge in [-0.15, -0.1) is 0 Å². The van der Waals surface area contributed by atoms with Gasteiger partial charge in [-0.25, -0.2) is 0 Å². The fourth-order valence-corrected chi connectivity index (χ4v) is 2.35. The first-order valence-electron chi connectivity index (χ1n) is 7.13. The summed E-state index contributed by atoms with van der Waals surface area (Å²) in [6.45, 7) is 0.0155. The van der Waals surface area contributed by atoms with E-state index in [1.807, 2.05) is 30.3 Å². The molecule has 1 aromatic carbocycles. The Hall–Kier alpha value is -2.61. The lowest BCUT2D eigenvalue weighted by atomic mass is 9.98. The topological polar surface area (TPSA) is 142 Å². The molecule has 1 saturated heterocycles. The lowest BCUT2D eigenvalue weighted by Crippen LogP contribution is -2.56. The predicted octanol–water partition coefficient (Wildman–Crippen LogP) is 2.50. The van der Waals surface area contributed by atoms with Crippen LogP contribution in [0, 0.1) is 0 Å². The normalized spacial score (nSPS) is 26.3.